The summed E-state index contributed by atoms with van der Waals surface area (Å²) < 4.78 is 0. The van der Waals surface area contributed by atoms with Crippen LogP contribution in [0.5, 0.6) is 0 Å². The minimum absolute atomic E-state index is 0.335. The molecule has 4 rings (SSSR count). The fourth-order valence-corrected chi connectivity index (χ4v) is 4.38. The standard InChI is InChI=1S/C30H27NO2/c31-21-23-14-18-25(19-15-23)24-16-11-22(12-17-24)13-20-28(30(32)33)9-4-8-27-7-3-6-26-5-1-2-10-29(26)27/h1-3,5-7,10-12,14-19,28H,4,8-9,13,20H2,(H,32,33). The van der Waals surface area contributed by atoms with Crippen LogP contribution in [0, 0.1) is 17.2 Å². The number of benzene rings is 4. The van der Waals surface area contributed by atoms with Crippen molar-refractivity contribution in [3.8, 4) is 17.2 Å². The van der Waals surface area contributed by atoms with Gasteiger partial charge in [0, 0.05) is 0 Å². The smallest absolute Gasteiger partial charge is 0.306 e. The Morgan fingerprint density at radius 1 is 0.788 bits per heavy atom. The molecule has 0 aliphatic rings. The van der Waals surface area contributed by atoms with Gasteiger partial charge in [-0.1, -0.05) is 78.9 Å². The molecule has 1 N–H and O–H groups in total. The predicted octanol–water partition coefficient (Wildman–Crippen LogP) is 7.03. The van der Waals surface area contributed by atoms with Gasteiger partial charge in [0.1, 0.15) is 0 Å². The summed E-state index contributed by atoms with van der Waals surface area (Å²) in [4.78, 5) is 11.8. The summed E-state index contributed by atoms with van der Waals surface area (Å²) in [5.41, 5.74) is 5.24. The van der Waals surface area contributed by atoms with E-state index in [2.05, 4.69) is 66.7 Å². The van der Waals surface area contributed by atoms with E-state index in [0.717, 1.165) is 36.0 Å². The average molecular weight is 434 g/mol. The second kappa shape index (κ2) is 10.6. The van der Waals surface area contributed by atoms with Crippen LogP contribution in [-0.4, -0.2) is 11.1 Å². The van der Waals surface area contributed by atoms with E-state index in [-0.39, 0.29) is 5.92 Å². The van der Waals surface area contributed by atoms with Gasteiger partial charge in [0.15, 0.2) is 0 Å². The van der Waals surface area contributed by atoms with Crippen molar-refractivity contribution in [2.75, 3.05) is 0 Å². The Bertz CT molecular complexity index is 1260. The Hall–Kier alpha value is -3.90. The quantitative estimate of drug-likeness (QED) is 0.308. The summed E-state index contributed by atoms with van der Waals surface area (Å²) >= 11 is 0. The molecule has 3 heteroatoms. The molecule has 1 unspecified atom stereocenters. The lowest BCUT2D eigenvalue weighted by molar-refractivity contribution is -0.142. The van der Waals surface area contributed by atoms with Crippen molar-refractivity contribution < 1.29 is 9.90 Å². The number of fused-ring (bicyclic) bond motifs is 1. The minimum Gasteiger partial charge on any atom is -0.481 e. The van der Waals surface area contributed by atoms with Crippen LogP contribution in [0.25, 0.3) is 21.9 Å². The summed E-state index contributed by atoms with van der Waals surface area (Å²) in [6.45, 7) is 0. The van der Waals surface area contributed by atoms with Gasteiger partial charge in [0.05, 0.1) is 17.6 Å². The molecule has 0 saturated heterocycles. The predicted molar refractivity (Wildman–Crippen MR) is 133 cm³/mol. The maximum Gasteiger partial charge on any atom is 0.306 e. The first-order valence-corrected chi connectivity index (χ1v) is 11.4. The highest BCUT2D eigenvalue weighted by Crippen LogP contribution is 2.24. The van der Waals surface area contributed by atoms with Crippen molar-refractivity contribution in [3.63, 3.8) is 0 Å². The Morgan fingerprint density at radius 3 is 2.15 bits per heavy atom. The van der Waals surface area contributed by atoms with Crippen molar-refractivity contribution in [2.45, 2.75) is 32.1 Å². The molecule has 4 aromatic rings. The largest absolute Gasteiger partial charge is 0.481 e. The maximum absolute atomic E-state index is 11.8. The number of rotatable bonds is 9. The number of aliphatic carboxylic acids is 1. The highest BCUT2D eigenvalue weighted by molar-refractivity contribution is 5.85. The van der Waals surface area contributed by atoms with Gasteiger partial charge < -0.3 is 5.11 Å². The van der Waals surface area contributed by atoms with E-state index in [9.17, 15) is 9.90 Å². The Balaban J connectivity index is 1.32. The first-order valence-electron chi connectivity index (χ1n) is 11.4. The Kier molecular flexibility index (Phi) is 7.17. The summed E-state index contributed by atoms with van der Waals surface area (Å²) in [6.07, 6.45) is 3.83. The van der Waals surface area contributed by atoms with Gasteiger partial charge in [0.25, 0.3) is 0 Å². The lowest BCUT2D eigenvalue weighted by atomic mass is 9.92. The average Bonchev–Trinajstić information content (AvgIpc) is 2.86. The molecule has 3 nitrogen and oxygen atoms in total. The van der Waals surface area contributed by atoms with E-state index in [1.165, 1.54) is 16.3 Å². The molecule has 0 fully saturated rings. The zero-order valence-electron chi connectivity index (χ0n) is 18.6. The van der Waals surface area contributed by atoms with Crippen LogP contribution in [0.15, 0.2) is 91.0 Å². The highest BCUT2D eigenvalue weighted by atomic mass is 16.4. The number of hydrogen-bond acceptors (Lipinski definition) is 2. The molecule has 33 heavy (non-hydrogen) atoms. The highest BCUT2D eigenvalue weighted by Gasteiger charge is 2.17. The van der Waals surface area contributed by atoms with Crippen LogP contribution in [0.4, 0.5) is 0 Å². The summed E-state index contributed by atoms with van der Waals surface area (Å²) in [5.74, 6) is -1.04. The van der Waals surface area contributed by atoms with E-state index in [0.29, 0.717) is 18.4 Å². The molecule has 164 valence electrons. The van der Waals surface area contributed by atoms with E-state index >= 15 is 0 Å². The molecule has 0 heterocycles. The molecule has 4 aromatic carbocycles. The number of hydrogen-bond donors (Lipinski definition) is 1. The van der Waals surface area contributed by atoms with Gasteiger partial charge in [-0.15, -0.1) is 0 Å². The first-order chi connectivity index (χ1) is 16.1. The summed E-state index contributed by atoms with van der Waals surface area (Å²) in [7, 11) is 0. The number of aryl methyl sites for hydroxylation is 2. The Labute approximate surface area is 194 Å². The topological polar surface area (TPSA) is 61.1 Å². The van der Waals surface area contributed by atoms with Crippen molar-refractivity contribution in [2.24, 2.45) is 5.92 Å². The van der Waals surface area contributed by atoms with Crippen LogP contribution < -0.4 is 0 Å². The van der Waals surface area contributed by atoms with Gasteiger partial charge in [0.2, 0.25) is 0 Å². The van der Waals surface area contributed by atoms with Gasteiger partial charge >= 0.3 is 5.97 Å². The second-order valence-corrected chi connectivity index (χ2v) is 8.49. The van der Waals surface area contributed by atoms with E-state index in [1.807, 2.05) is 30.3 Å². The zero-order chi connectivity index (χ0) is 23.0. The van der Waals surface area contributed by atoms with Crippen molar-refractivity contribution in [3.05, 3.63) is 108 Å². The maximum atomic E-state index is 11.8. The first kappa shape index (κ1) is 22.3. The van der Waals surface area contributed by atoms with Crippen molar-refractivity contribution in [1.29, 1.82) is 5.26 Å². The molecule has 0 amide bonds. The van der Waals surface area contributed by atoms with Crippen LogP contribution >= 0.6 is 0 Å². The molecule has 0 aliphatic heterocycles. The molecule has 0 spiro atoms. The Morgan fingerprint density at radius 2 is 1.45 bits per heavy atom. The molecular weight excluding hydrogens is 406 g/mol. The number of nitriles is 1. The third-order valence-electron chi connectivity index (χ3n) is 6.31. The normalized spacial score (nSPS) is 11.7. The fraction of sp³-hybridized carbons (Fsp3) is 0.200. The van der Waals surface area contributed by atoms with Crippen LogP contribution in [0.2, 0.25) is 0 Å². The van der Waals surface area contributed by atoms with Crippen LogP contribution in [-0.2, 0) is 17.6 Å². The van der Waals surface area contributed by atoms with Crippen molar-refractivity contribution in [1.82, 2.24) is 0 Å². The van der Waals surface area contributed by atoms with E-state index < -0.39 is 5.97 Å². The van der Waals surface area contributed by atoms with Gasteiger partial charge in [-0.05, 0) is 77.3 Å². The lowest BCUT2D eigenvalue weighted by Gasteiger charge is -2.13. The van der Waals surface area contributed by atoms with E-state index in [1.54, 1.807) is 0 Å². The third kappa shape index (κ3) is 5.67. The number of nitrogens with zero attached hydrogens (tertiary/aromatic N) is 1. The molecule has 0 bridgehead atoms. The number of carboxylic acid groups (broad SMARTS) is 1. The fourth-order valence-electron chi connectivity index (χ4n) is 4.38. The second-order valence-electron chi connectivity index (χ2n) is 8.49. The SMILES string of the molecule is N#Cc1ccc(-c2ccc(CCC(CCCc3cccc4ccccc34)C(=O)O)cc2)cc1. The summed E-state index contributed by atoms with van der Waals surface area (Å²) in [5, 5.41) is 21.2. The summed E-state index contributed by atoms with van der Waals surface area (Å²) in [6, 6.07) is 32.6. The molecule has 0 saturated carbocycles. The number of carboxylic acids is 1. The minimum atomic E-state index is -0.706. The third-order valence-corrected chi connectivity index (χ3v) is 6.31. The monoisotopic (exact) mass is 433 g/mol. The van der Waals surface area contributed by atoms with Crippen LogP contribution in [0.3, 0.4) is 0 Å². The van der Waals surface area contributed by atoms with Gasteiger partial charge in [-0.25, -0.2) is 0 Å². The molecule has 0 aliphatic carbocycles. The molecule has 0 aromatic heterocycles. The van der Waals surface area contributed by atoms with Crippen molar-refractivity contribution >= 4 is 16.7 Å². The van der Waals surface area contributed by atoms with Gasteiger partial charge in [-0.2, -0.15) is 5.26 Å². The lowest BCUT2D eigenvalue weighted by Crippen LogP contribution is -2.15. The van der Waals surface area contributed by atoms with Crippen LogP contribution in [0.1, 0.15) is 36.0 Å². The number of carbonyl (C=O) groups is 1. The van der Waals surface area contributed by atoms with E-state index in [4.69, 9.17) is 5.26 Å². The molecule has 0 radical (unpaired) electrons. The zero-order valence-corrected chi connectivity index (χ0v) is 18.6. The molecule has 1 atom stereocenters. The van der Waals surface area contributed by atoms with Gasteiger partial charge in [-0.3, -0.25) is 4.79 Å². The molecular formula is C30H27NO2.